The Bertz CT molecular complexity index is 489. The summed E-state index contributed by atoms with van der Waals surface area (Å²) in [5.41, 5.74) is 0. The van der Waals surface area contributed by atoms with Crippen molar-refractivity contribution < 1.29 is 4.52 Å². The van der Waals surface area contributed by atoms with Gasteiger partial charge in [0, 0.05) is 19.5 Å². The van der Waals surface area contributed by atoms with E-state index in [1.165, 1.54) is 12.7 Å². The maximum absolute atomic E-state index is 4.66. The Kier molecular flexibility index (Phi) is 4.46. The van der Waals surface area contributed by atoms with Crippen molar-refractivity contribution in [2.75, 3.05) is 23.7 Å². The quantitative estimate of drug-likeness (QED) is 0.839. The van der Waals surface area contributed by atoms with Crippen molar-refractivity contribution in [3.05, 3.63) is 23.0 Å². The standard InChI is InChI=1S/C10H13BrN6O/c1-2-12-9-8(11)10(15-5-14-9)13-4-3-7-16-6-18-17-7/h5-6H,2-4H2,1H3,(H2,12,13,14,15). The lowest BCUT2D eigenvalue weighted by atomic mass is 10.4. The monoisotopic (exact) mass is 312 g/mol. The minimum absolute atomic E-state index is 0.666. The molecule has 8 heteroatoms. The van der Waals surface area contributed by atoms with Crippen LogP contribution in [0.25, 0.3) is 0 Å². The number of halogens is 1. The minimum Gasteiger partial charge on any atom is -0.369 e. The first-order valence-corrected chi connectivity index (χ1v) is 6.34. The van der Waals surface area contributed by atoms with Gasteiger partial charge >= 0.3 is 0 Å². The number of hydrogen-bond acceptors (Lipinski definition) is 7. The van der Waals surface area contributed by atoms with Crippen LogP contribution in [0.5, 0.6) is 0 Å². The van der Waals surface area contributed by atoms with Crippen LogP contribution < -0.4 is 10.6 Å². The molecule has 2 aromatic heterocycles. The number of nitrogens with one attached hydrogen (secondary N) is 2. The van der Waals surface area contributed by atoms with Gasteiger partial charge in [0.05, 0.1) is 0 Å². The Morgan fingerprint density at radius 3 is 2.67 bits per heavy atom. The normalized spacial score (nSPS) is 10.3. The molecule has 2 aromatic rings. The maximum Gasteiger partial charge on any atom is 0.213 e. The van der Waals surface area contributed by atoms with Gasteiger partial charge in [-0.1, -0.05) is 5.16 Å². The summed E-state index contributed by atoms with van der Waals surface area (Å²) in [6.45, 7) is 3.48. The molecule has 0 atom stereocenters. The molecule has 2 rings (SSSR count). The second kappa shape index (κ2) is 6.29. The zero-order valence-electron chi connectivity index (χ0n) is 9.85. The molecule has 0 aliphatic carbocycles. The van der Waals surface area contributed by atoms with Gasteiger partial charge in [0.25, 0.3) is 0 Å². The van der Waals surface area contributed by atoms with Gasteiger partial charge in [-0.05, 0) is 22.9 Å². The highest BCUT2D eigenvalue weighted by Gasteiger charge is 2.07. The van der Waals surface area contributed by atoms with E-state index in [1.54, 1.807) is 0 Å². The van der Waals surface area contributed by atoms with Crippen molar-refractivity contribution in [3.8, 4) is 0 Å². The second-order valence-electron chi connectivity index (χ2n) is 3.44. The average Bonchev–Trinajstić information content (AvgIpc) is 2.87. The van der Waals surface area contributed by atoms with Gasteiger partial charge in [-0.2, -0.15) is 4.98 Å². The van der Waals surface area contributed by atoms with Crippen LogP contribution in [-0.4, -0.2) is 33.2 Å². The summed E-state index contributed by atoms with van der Waals surface area (Å²) in [6, 6.07) is 0. The second-order valence-corrected chi connectivity index (χ2v) is 4.23. The Balaban J connectivity index is 1.94. The van der Waals surface area contributed by atoms with Crippen LogP contribution >= 0.6 is 15.9 Å². The summed E-state index contributed by atoms with van der Waals surface area (Å²) in [5, 5.41) is 10.1. The third-order valence-electron chi connectivity index (χ3n) is 2.18. The predicted molar refractivity (Wildman–Crippen MR) is 70.4 cm³/mol. The largest absolute Gasteiger partial charge is 0.369 e. The maximum atomic E-state index is 4.66. The van der Waals surface area contributed by atoms with E-state index >= 15 is 0 Å². The van der Waals surface area contributed by atoms with Crippen LogP contribution in [0.2, 0.25) is 0 Å². The molecule has 0 saturated heterocycles. The molecule has 0 unspecified atom stereocenters. The highest BCUT2D eigenvalue weighted by atomic mass is 79.9. The molecule has 0 amide bonds. The zero-order valence-corrected chi connectivity index (χ0v) is 11.4. The fourth-order valence-corrected chi connectivity index (χ4v) is 1.86. The summed E-state index contributed by atoms with van der Waals surface area (Å²) < 4.78 is 5.48. The van der Waals surface area contributed by atoms with E-state index in [-0.39, 0.29) is 0 Å². The smallest absolute Gasteiger partial charge is 0.213 e. The fourth-order valence-electron chi connectivity index (χ4n) is 1.38. The van der Waals surface area contributed by atoms with Gasteiger partial charge in [-0.3, -0.25) is 0 Å². The third-order valence-corrected chi connectivity index (χ3v) is 2.93. The molecule has 0 radical (unpaired) electrons. The van der Waals surface area contributed by atoms with Crippen molar-refractivity contribution in [1.29, 1.82) is 0 Å². The third kappa shape index (κ3) is 3.16. The summed E-state index contributed by atoms with van der Waals surface area (Å²) in [5.74, 6) is 2.18. The van der Waals surface area contributed by atoms with E-state index in [1.807, 2.05) is 6.92 Å². The number of anilines is 2. The van der Waals surface area contributed by atoms with Gasteiger partial charge in [-0.15, -0.1) is 0 Å². The molecule has 96 valence electrons. The molecule has 0 aliphatic heterocycles. The molecule has 0 fully saturated rings. The number of hydrogen-bond donors (Lipinski definition) is 2. The van der Waals surface area contributed by atoms with E-state index in [2.05, 4.69) is 51.2 Å². The lowest BCUT2D eigenvalue weighted by Gasteiger charge is -2.09. The van der Waals surface area contributed by atoms with Gasteiger partial charge in [0.1, 0.15) is 22.4 Å². The molecule has 0 bridgehead atoms. The van der Waals surface area contributed by atoms with E-state index in [0.29, 0.717) is 18.8 Å². The van der Waals surface area contributed by atoms with E-state index < -0.39 is 0 Å². The molecular weight excluding hydrogens is 300 g/mol. The van der Waals surface area contributed by atoms with Crippen LogP contribution in [0.4, 0.5) is 11.6 Å². The van der Waals surface area contributed by atoms with Crippen molar-refractivity contribution >= 4 is 27.6 Å². The highest BCUT2D eigenvalue weighted by Crippen LogP contribution is 2.26. The molecular formula is C10H13BrN6O. The lowest BCUT2D eigenvalue weighted by Crippen LogP contribution is -2.09. The Labute approximate surface area is 113 Å². The first-order valence-electron chi connectivity index (χ1n) is 5.54. The summed E-state index contributed by atoms with van der Waals surface area (Å²) in [6.07, 6.45) is 3.50. The number of aromatic nitrogens is 4. The average molecular weight is 313 g/mol. The van der Waals surface area contributed by atoms with Crippen LogP contribution in [0.15, 0.2) is 21.7 Å². The molecule has 7 nitrogen and oxygen atoms in total. The fraction of sp³-hybridized carbons (Fsp3) is 0.400. The van der Waals surface area contributed by atoms with Crippen LogP contribution in [0, 0.1) is 0 Å². The topological polar surface area (TPSA) is 88.8 Å². The number of rotatable bonds is 6. The van der Waals surface area contributed by atoms with Crippen molar-refractivity contribution in [2.45, 2.75) is 13.3 Å². The SMILES string of the molecule is CCNc1ncnc(NCCc2ncon2)c1Br. The summed E-state index contributed by atoms with van der Waals surface area (Å²) >= 11 is 3.46. The lowest BCUT2D eigenvalue weighted by molar-refractivity contribution is 0.410. The van der Waals surface area contributed by atoms with Gasteiger partial charge in [-0.25, -0.2) is 9.97 Å². The van der Waals surface area contributed by atoms with Crippen molar-refractivity contribution in [3.63, 3.8) is 0 Å². The van der Waals surface area contributed by atoms with E-state index in [4.69, 9.17) is 0 Å². The molecule has 0 aromatic carbocycles. The van der Waals surface area contributed by atoms with E-state index in [9.17, 15) is 0 Å². The minimum atomic E-state index is 0.666. The van der Waals surface area contributed by atoms with Gasteiger partial charge in [0.15, 0.2) is 5.82 Å². The van der Waals surface area contributed by atoms with E-state index in [0.717, 1.165) is 22.7 Å². The Morgan fingerprint density at radius 1 is 1.22 bits per heavy atom. The Hall–Kier alpha value is -1.70. The van der Waals surface area contributed by atoms with Crippen LogP contribution in [0.1, 0.15) is 12.7 Å². The van der Waals surface area contributed by atoms with Gasteiger partial charge < -0.3 is 15.2 Å². The van der Waals surface area contributed by atoms with Crippen molar-refractivity contribution in [1.82, 2.24) is 20.1 Å². The molecule has 2 heterocycles. The van der Waals surface area contributed by atoms with Crippen LogP contribution in [-0.2, 0) is 6.42 Å². The first-order chi connectivity index (χ1) is 8.81. The summed E-state index contributed by atoms with van der Waals surface area (Å²) in [4.78, 5) is 12.2. The van der Waals surface area contributed by atoms with Crippen LogP contribution in [0.3, 0.4) is 0 Å². The molecule has 18 heavy (non-hydrogen) atoms. The highest BCUT2D eigenvalue weighted by molar-refractivity contribution is 9.10. The molecule has 0 saturated carbocycles. The molecule has 2 N–H and O–H groups in total. The molecule has 0 spiro atoms. The first kappa shape index (κ1) is 12.7. The molecule has 0 aliphatic rings. The van der Waals surface area contributed by atoms with Crippen molar-refractivity contribution in [2.24, 2.45) is 0 Å². The zero-order chi connectivity index (χ0) is 12.8. The predicted octanol–water partition coefficient (Wildman–Crippen LogP) is 1.71. The number of nitrogens with zero attached hydrogens (tertiary/aromatic N) is 4. The Morgan fingerprint density at radius 2 is 2.00 bits per heavy atom. The van der Waals surface area contributed by atoms with Gasteiger partial charge in [0.2, 0.25) is 6.39 Å². The summed E-state index contributed by atoms with van der Waals surface area (Å²) in [7, 11) is 0.